The Balaban J connectivity index is 1.50. The lowest BCUT2D eigenvalue weighted by molar-refractivity contribution is -0.274. The summed E-state index contributed by atoms with van der Waals surface area (Å²) in [5.74, 6) is -1.48. The molecule has 1 saturated heterocycles. The fourth-order valence-corrected chi connectivity index (χ4v) is 4.14. The minimum absolute atomic E-state index is 0.00590. The quantitative estimate of drug-likeness (QED) is 0.344. The number of carbonyl (C=O) groups excluding carboxylic acids is 2. The number of rotatable bonds is 5. The predicted molar refractivity (Wildman–Crippen MR) is 120 cm³/mol. The Kier molecular flexibility index (Phi) is 6.25. The molecule has 3 aromatic rings. The van der Waals surface area contributed by atoms with Crippen molar-refractivity contribution in [2.24, 2.45) is 0 Å². The molecular weight excluding hydrogens is 471 g/mol. The van der Waals surface area contributed by atoms with Gasteiger partial charge in [0, 0.05) is 0 Å². The Morgan fingerprint density at radius 2 is 1.65 bits per heavy atom. The molecule has 1 aliphatic heterocycles. The third kappa shape index (κ3) is 5.34. The van der Waals surface area contributed by atoms with Gasteiger partial charge in [-0.2, -0.15) is 0 Å². The first-order valence-corrected chi connectivity index (χ1v) is 10.6. The Morgan fingerprint density at radius 1 is 0.912 bits per heavy atom. The van der Waals surface area contributed by atoms with E-state index in [1.165, 1.54) is 48.5 Å². The van der Waals surface area contributed by atoms with Crippen molar-refractivity contribution in [3.8, 4) is 28.4 Å². The number of halogens is 3. The van der Waals surface area contributed by atoms with Crippen molar-refractivity contribution in [3.05, 3.63) is 82.8 Å². The second-order valence-electron chi connectivity index (χ2n) is 7.29. The number of phenolic OH excluding ortho intramolecular Hbond substituents is 2. The van der Waals surface area contributed by atoms with Gasteiger partial charge in [0.05, 0.1) is 11.4 Å². The first-order valence-electron chi connectivity index (χ1n) is 9.81. The average Bonchev–Trinajstić information content (AvgIpc) is 3.03. The monoisotopic (exact) mass is 487 g/mol. The standard InChI is InChI=1S/C24H16F3NO5S/c25-24(26,27)33-18-7-5-16(6-8-18)17-3-1-2-15(10-17)13-28-22(31)21(34-23(28)32)12-14-4-9-19(29)20(30)11-14/h1-12,29-30H,13H2. The lowest BCUT2D eigenvalue weighted by Crippen LogP contribution is -2.27. The number of carbonyl (C=O) groups is 2. The second-order valence-corrected chi connectivity index (χ2v) is 8.28. The average molecular weight is 487 g/mol. The van der Waals surface area contributed by atoms with E-state index in [4.69, 9.17) is 0 Å². The van der Waals surface area contributed by atoms with Crippen LogP contribution in [0.5, 0.6) is 17.2 Å². The number of hydrogen-bond donors (Lipinski definition) is 2. The molecule has 6 nitrogen and oxygen atoms in total. The van der Waals surface area contributed by atoms with Gasteiger partial charge in [-0.3, -0.25) is 14.5 Å². The predicted octanol–water partition coefficient (Wildman–Crippen LogP) is 5.90. The normalized spacial score (nSPS) is 15.3. The zero-order valence-electron chi connectivity index (χ0n) is 17.2. The Hall–Kier alpha value is -3.92. The molecule has 2 amide bonds. The maximum atomic E-state index is 12.8. The number of benzene rings is 3. The first kappa shape index (κ1) is 23.2. The van der Waals surface area contributed by atoms with E-state index in [1.807, 2.05) is 0 Å². The maximum absolute atomic E-state index is 12.8. The van der Waals surface area contributed by atoms with Crippen LogP contribution in [-0.2, 0) is 11.3 Å². The van der Waals surface area contributed by atoms with Crippen LogP contribution in [0.1, 0.15) is 11.1 Å². The van der Waals surface area contributed by atoms with Gasteiger partial charge in [0.15, 0.2) is 11.5 Å². The second kappa shape index (κ2) is 9.14. The van der Waals surface area contributed by atoms with Crippen molar-refractivity contribution >= 4 is 29.0 Å². The van der Waals surface area contributed by atoms with Crippen molar-refractivity contribution in [2.45, 2.75) is 12.9 Å². The molecule has 0 bridgehead atoms. The van der Waals surface area contributed by atoms with E-state index >= 15 is 0 Å². The number of hydrogen-bond acceptors (Lipinski definition) is 6. The topological polar surface area (TPSA) is 87.1 Å². The number of nitrogens with zero attached hydrogens (tertiary/aromatic N) is 1. The van der Waals surface area contributed by atoms with Crippen LogP contribution in [0.3, 0.4) is 0 Å². The largest absolute Gasteiger partial charge is 0.573 e. The van der Waals surface area contributed by atoms with Gasteiger partial charge in [0.1, 0.15) is 5.75 Å². The van der Waals surface area contributed by atoms with E-state index in [9.17, 15) is 33.0 Å². The van der Waals surface area contributed by atoms with Crippen LogP contribution in [0.15, 0.2) is 71.6 Å². The van der Waals surface area contributed by atoms with E-state index in [-0.39, 0.29) is 28.7 Å². The molecule has 0 saturated carbocycles. The molecule has 0 atom stereocenters. The summed E-state index contributed by atoms with van der Waals surface area (Å²) >= 11 is 0.761. The molecule has 0 spiro atoms. The number of aromatic hydroxyl groups is 2. The molecule has 1 aliphatic rings. The molecule has 34 heavy (non-hydrogen) atoms. The van der Waals surface area contributed by atoms with Crippen LogP contribution >= 0.6 is 11.8 Å². The van der Waals surface area contributed by atoms with Gasteiger partial charge in [0.2, 0.25) is 0 Å². The number of imide groups is 1. The molecule has 0 aliphatic carbocycles. The van der Waals surface area contributed by atoms with Gasteiger partial charge >= 0.3 is 6.36 Å². The number of thioether (sulfide) groups is 1. The van der Waals surface area contributed by atoms with Crippen molar-refractivity contribution in [1.29, 1.82) is 0 Å². The highest BCUT2D eigenvalue weighted by Crippen LogP contribution is 2.35. The van der Waals surface area contributed by atoms with Crippen LogP contribution in [0.2, 0.25) is 0 Å². The zero-order chi connectivity index (χ0) is 24.5. The van der Waals surface area contributed by atoms with Crippen molar-refractivity contribution < 1.29 is 37.7 Å². The van der Waals surface area contributed by atoms with Gasteiger partial charge in [-0.25, -0.2) is 0 Å². The van der Waals surface area contributed by atoms with E-state index in [0.29, 0.717) is 22.3 Å². The smallest absolute Gasteiger partial charge is 0.504 e. The Morgan fingerprint density at radius 3 is 2.32 bits per heavy atom. The molecule has 0 radical (unpaired) electrons. The lowest BCUT2D eigenvalue weighted by atomic mass is 10.0. The summed E-state index contributed by atoms with van der Waals surface area (Å²) in [7, 11) is 0. The van der Waals surface area contributed by atoms with Gasteiger partial charge in [-0.15, -0.1) is 13.2 Å². The fourth-order valence-electron chi connectivity index (χ4n) is 3.30. The highest BCUT2D eigenvalue weighted by molar-refractivity contribution is 8.18. The van der Waals surface area contributed by atoms with Crippen LogP contribution in [0.25, 0.3) is 17.2 Å². The third-order valence-corrected chi connectivity index (χ3v) is 5.77. The number of phenols is 2. The van der Waals surface area contributed by atoms with Crippen LogP contribution in [-0.4, -0.2) is 32.6 Å². The SMILES string of the molecule is O=C1SC(=Cc2ccc(O)c(O)c2)C(=O)N1Cc1cccc(-c2ccc(OC(F)(F)F)cc2)c1. The molecule has 174 valence electrons. The van der Waals surface area contributed by atoms with Crippen LogP contribution in [0, 0.1) is 0 Å². The van der Waals surface area contributed by atoms with Crippen molar-refractivity contribution in [2.75, 3.05) is 0 Å². The number of alkyl halides is 3. The van der Waals surface area contributed by atoms with E-state index < -0.39 is 17.5 Å². The number of amides is 2. The molecule has 10 heteroatoms. The summed E-state index contributed by atoms with van der Waals surface area (Å²) < 4.78 is 40.9. The lowest BCUT2D eigenvalue weighted by Gasteiger charge is -2.14. The van der Waals surface area contributed by atoms with Crippen molar-refractivity contribution in [3.63, 3.8) is 0 Å². The summed E-state index contributed by atoms with van der Waals surface area (Å²) in [6.07, 6.45) is -3.32. The molecule has 0 unspecified atom stereocenters. The molecule has 1 fully saturated rings. The van der Waals surface area contributed by atoms with Crippen LogP contribution < -0.4 is 4.74 Å². The minimum atomic E-state index is -4.77. The molecular formula is C24H16F3NO5S. The van der Waals surface area contributed by atoms with Crippen molar-refractivity contribution in [1.82, 2.24) is 4.90 Å². The summed E-state index contributed by atoms with van der Waals surface area (Å²) in [6, 6.07) is 16.4. The summed E-state index contributed by atoms with van der Waals surface area (Å²) in [5.41, 5.74) is 2.43. The van der Waals surface area contributed by atoms with Gasteiger partial charge in [-0.05, 0) is 70.4 Å². The Labute approximate surface area is 195 Å². The summed E-state index contributed by atoms with van der Waals surface area (Å²) in [4.78, 5) is 26.5. The molecule has 2 N–H and O–H groups in total. The van der Waals surface area contributed by atoms with E-state index in [1.54, 1.807) is 24.3 Å². The third-order valence-electron chi connectivity index (χ3n) is 4.86. The van der Waals surface area contributed by atoms with Gasteiger partial charge < -0.3 is 14.9 Å². The van der Waals surface area contributed by atoms with Crippen LogP contribution in [0.4, 0.5) is 18.0 Å². The minimum Gasteiger partial charge on any atom is -0.504 e. The first-order chi connectivity index (χ1) is 16.1. The fraction of sp³-hybridized carbons (Fsp3) is 0.0833. The molecule has 1 heterocycles. The molecule has 0 aromatic heterocycles. The molecule has 4 rings (SSSR count). The highest BCUT2D eigenvalue weighted by atomic mass is 32.2. The molecule has 3 aromatic carbocycles. The maximum Gasteiger partial charge on any atom is 0.573 e. The van der Waals surface area contributed by atoms with E-state index in [2.05, 4.69) is 4.74 Å². The highest BCUT2D eigenvalue weighted by Gasteiger charge is 2.35. The van der Waals surface area contributed by atoms with E-state index in [0.717, 1.165) is 16.7 Å². The zero-order valence-corrected chi connectivity index (χ0v) is 18.1. The van der Waals surface area contributed by atoms with Gasteiger partial charge in [0.25, 0.3) is 11.1 Å². The Bertz CT molecular complexity index is 1290. The number of ether oxygens (including phenoxy) is 1. The summed E-state index contributed by atoms with van der Waals surface area (Å²) in [6.45, 7) is 0.00590. The van der Waals surface area contributed by atoms with Gasteiger partial charge in [-0.1, -0.05) is 36.4 Å². The summed E-state index contributed by atoms with van der Waals surface area (Å²) in [5, 5.41) is 18.6.